The third-order valence-corrected chi connectivity index (χ3v) is 2.13. The molecule has 1 rings (SSSR count). The molecule has 0 spiro atoms. The largest absolute Gasteiger partial charge is 0.491 e. The molecule has 3 nitrogen and oxygen atoms in total. The molecular formula is C12H18O3. The molecule has 0 fully saturated rings. The van der Waals surface area contributed by atoms with Crippen LogP contribution in [0.2, 0.25) is 0 Å². The summed E-state index contributed by atoms with van der Waals surface area (Å²) in [7, 11) is 0. The molecule has 0 aliphatic rings. The highest BCUT2D eigenvalue weighted by Crippen LogP contribution is 2.19. The average Bonchev–Trinajstić information content (AvgIpc) is 2.28. The van der Waals surface area contributed by atoms with Crippen molar-refractivity contribution in [1.29, 1.82) is 0 Å². The van der Waals surface area contributed by atoms with E-state index in [1.807, 2.05) is 24.3 Å². The number of benzene rings is 1. The monoisotopic (exact) mass is 210 g/mol. The van der Waals surface area contributed by atoms with Crippen molar-refractivity contribution in [2.45, 2.75) is 25.9 Å². The lowest BCUT2D eigenvalue weighted by molar-refractivity contribution is 0.0533. The normalized spacial score (nSPS) is 12.5. The third-order valence-electron chi connectivity index (χ3n) is 2.13. The molecule has 3 heteroatoms. The van der Waals surface area contributed by atoms with Crippen LogP contribution in [0, 0.1) is 0 Å². The highest BCUT2D eigenvalue weighted by molar-refractivity contribution is 5.33. The van der Waals surface area contributed by atoms with Crippen LogP contribution in [0.3, 0.4) is 0 Å². The van der Waals surface area contributed by atoms with E-state index in [9.17, 15) is 0 Å². The van der Waals surface area contributed by atoms with Crippen LogP contribution in [0.1, 0.15) is 18.9 Å². The van der Waals surface area contributed by atoms with Crippen LogP contribution in [0.5, 0.6) is 5.75 Å². The molecule has 15 heavy (non-hydrogen) atoms. The fraction of sp³-hybridized carbons (Fsp3) is 0.500. The number of para-hydroxylation sites is 1. The molecule has 0 bridgehead atoms. The number of hydrogen-bond acceptors (Lipinski definition) is 3. The standard InChI is InChI=1S/C12H18O3/c1-2-5-10-6-3-4-7-12(10)15-9-11(14)8-13/h3-4,6-7,11,13-14H,2,5,8-9H2,1H3. The van der Waals surface area contributed by atoms with Gasteiger partial charge in [0.25, 0.3) is 0 Å². The molecule has 1 aromatic carbocycles. The Morgan fingerprint density at radius 2 is 2.07 bits per heavy atom. The second-order valence-electron chi connectivity index (χ2n) is 3.51. The van der Waals surface area contributed by atoms with Gasteiger partial charge in [-0.15, -0.1) is 0 Å². The van der Waals surface area contributed by atoms with Gasteiger partial charge in [0.05, 0.1) is 6.61 Å². The van der Waals surface area contributed by atoms with E-state index in [-0.39, 0.29) is 13.2 Å². The van der Waals surface area contributed by atoms with Crippen molar-refractivity contribution >= 4 is 0 Å². The number of aliphatic hydroxyl groups excluding tert-OH is 2. The third kappa shape index (κ3) is 3.90. The molecule has 1 unspecified atom stereocenters. The maximum atomic E-state index is 9.17. The van der Waals surface area contributed by atoms with Crippen molar-refractivity contribution < 1.29 is 14.9 Å². The van der Waals surface area contributed by atoms with Crippen molar-refractivity contribution in [2.75, 3.05) is 13.2 Å². The first-order valence-corrected chi connectivity index (χ1v) is 5.27. The Morgan fingerprint density at radius 1 is 1.33 bits per heavy atom. The Bertz CT molecular complexity index is 286. The predicted octanol–water partition coefficient (Wildman–Crippen LogP) is 1.37. The van der Waals surface area contributed by atoms with Crippen molar-refractivity contribution in [3.8, 4) is 5.75 Å². The van der Waals surface area contributed by atoms with Gasteiger partial charge in [0, 0.05) is 0 Å². The summed E-state index contributed by atoms with van der Waals surface area (Å²) in [5.41, 5.74) is 1.14. The van der Waals surface area contributed by atoms with Gasteiger partial charge >= 0.3 is 0 Å². The molecule has 0 saturated carbocycles. The van der Waals surface area contributed by atoms with Crippen LogP contribution in [-0.2, 0) is 6.42 Å². The van der Waals surface area contributed by atoms with E-state index in [0.717, 1.165) is 24.2 Å². The van der Waals surface area contributed by atoms with Gasteiger partial charge in [-0.2, -0.15) is 0 Å². The minimum absolute atomic E-state index is 0.136. The molecule has 0 radical (unpaired) electrons. The number of rotatable bonds is 6. The van der Waals surface area contributed by atoms with E-state index in [1.165, 1.54) is 0 Å². The highest BCUT2D eigenvalue weighted by atomic mass is 16.5. The maximum Gasteiger partial charge on any atom is 0.122 e. The summed E-state index contributed by atoms with van der Waals surface area (Å²) in [6.45, 7) is 1.98. The zero-order valence-electron chi connectivity index (χ0n) is 9.02. The number of hydrogen-bond donors (Lipinski definition) is 2. The Morgan fingerprint density at radius 3 is 2.73 bits per heavy atom. The van der Waals surface area contributed by atoms with Crippen LogP contribution in [0.4, 0.5) is 0 Å². The Labute approximate surface area is 90.3 Å². The van der Waals surface area contributed by atoms with Gasteiger partial charge in [0.1, 0.15) is 18.5 Å². The summed E-state index contributed by atoms with van der Waals surface area (Å²) >= 11 is 0. The molecule has 0 heterocycles. The number of ether oxygens (including phenoxy) is 1. The Kier molecular flexibility index (Phi) is 5.15. The zero-order valence-corrected chi connectivity index (χ0v) is 9.02. The van der Waals surface area contributed by atoms with E-state index in [2.05, 4.69) is 6.92 Å². The van der Waals surface area contributed by atoms with E-state index in [1.54, 1.807) is 0 Å². The van der Waals surface area contributed by atoms with Crippen molar-refractivity contribution in [3.05, 3.63) is 29.8 Å². The quantitative estimate of drug-likeness (QED) is 0.745. The van der Waals surface area contributed by atoms with Gasteiger partial charge in [-0.3, -0.25) is 0 Å². The van der Waals surface area contributed by atoms with Crippen molar-refractivity contribution in [2.24, 2.45) is 0 Å². The average molecular weight is 210 g/mol. The smallest absolute Gasteiger partial charge is 0.122 e. The van der Waals surface area contributed by atoms with E-state index in [4.69, 9.17) is 14.9 Å². The Hall–Kier alpha value is -1.06. The molecule has 1 aromatic rings. The maximum absolute atomic E-state index is 9.17. The molecule has 1 atom stereocenters. The van der Waals surface area contributed by atoms with E-state index >= 15 is 0 Å². The first kappa shape index (κ1) is 12.0. The van der Waals surface area contributed by atoms with E-state index in [0.29, 0.717) is 0 Å². The van der Waals surface area contributed by atoms with Gasteiger partial charge < -0.3 is 14.9 Å². The molecule has 0 aliphatic heterocycles. The van der Waals surface area contributed by atoms with Gasteiger partial charge in [0.2, 0.25) is 0 Å². The molecular weight excluding hydrogens is 192 g/mol. The SMILES string of the molecule is CCCc1ccccc1OCC(O)CO. The second kappa shape index (κ2) is 6.43. The lowest BCUT2D eigenvalue weighted by Crippen LogP contribution is -2.21. The molecule has 0 aliphatic carbocycles. The van der Waals surface area contributed by atoms with Gasteiger partial charge in [0.15, 0.2) is 0 Å². The van der Waals surface area contributed by atoms with E-state index < -0.39 is 6.10 Å². The predicted molar refractivity (Wildman–Crippen MR) is 59.0 cm³/mol. The van der Waals surface area contributed by atoms with Crippen LogP contribution in [0.15, 0.2) is 24.3 Å². The zero-order chi connectivity index (χ0) is 11.1. The van der Waals surface area contributed by atoms with Crippen LogP contribution >= 0.6 is 0 Å². The van der Waals surface area contributed by atoms with Crippen LogP contribution in [0.25, 0.3) is 0 Å². The lowest BCUT2D eigenvalue weighted by Gasteiger charge is -2.13. The van der Waals surface area contributed by atoms with Crippen LogP contribution in [-0.4, -0.2) is 29.5 Å². The van der Waals surface area contributed by atoms with Gasteiger partial charge in [-0.25, -0.2) is 0 Å². The molecule has 0 saturated heterocycles. The number of aliphatic hydroxyl groups is 2. The summed E-state index contributed by atoms with van der Waals surface area (Å²) in [4.78, 5) is 0. The summed E-state index contributed by atoms with van der Waals surface area (Å²) in [6.07, 6.45) is 1.22. The molecule has 0 aromatic heterocycles. The Balaban J connectivity index is 2.58. The summed E-state index contributed by atoms with van der Waals surface area (Å²) in [5.74, 6) is 0.798. The molecule has 2 N–H and O–H groups in total. The van der Waals surface area contributed by atoms with Gasteiger partial charge in [-0.05, 0) is 18.1 Å². The fourth-order valence-electron chi connectivity index (χ4n) is 1.36. The van der Waals surface area contributed by atoms with Crippen LogP contribution < -0.4 is 4.74 Å². The summed E-state index contributed by atoms with van der Waals surface area (Å²) < 4.78 is 5.43. The minimum Gasteiger partial charge on any atom is -0.491 e. The number of aryl methyl sites for hydroxylation is 1. The summed E-state index contributed by atoms with van der Waals surface area (Å²) in [5, 5.41) is 17.8. The van der Waals surface area contributed by atoms with Crippen molar-refractivity contribution in [3.63, 3.8) is 0 Å². The topological polar surface area (TPSA) is 49.7 Å². The molecule has 0 amide bonds. The van der Waals surface area contributed by atoms with Gasteiger partial charge in [-0.1, -0.05) is 31.5 Å². The minimum atomic E-state index is -0.806. The molecule has 84 valence electrons. The second-order valence-corrected chi connectivity index (χ2v) is 3.51. The fourth-order valence-corrected chi connectivity index (χ4v) is 1.36. The highest BCUT2D eigenvalue weighted by Gasteiger charge is 2.05. The lowest BCUT2D eigenvalue weighted by atomic mass is 10.1. The van der Waals surface area contributed by atoms with Crippen molar-refractivity contribution in [1.82, 2.24) is 0 Å². The first-order chi connectivity index (χ1) is 7.27. The summed E-state index contributed by atoms with van der Waals surface area (Å²) in [6, 6.07) is 7.78. The first-order valence-electron chi connectivity index (χ1n) is 5.27.